The van der Waals surface area contributed by atoms with E-state index in [-0.39, 0.29) is 11.9 Å². The van der Waals surface area contributed by atoms with Gasteiger partial charge >= 0.3 is 0 Å². The standard InChI is InChI=1S/C18H22N4O/c1-5-15-16(14-9-7-13(11-19)8-10-14)21-22(12(3)4)17(15)18(23)20-6-2/h7-10,12H,5-6H2,1-4H3,(H,20,23). The van der Waals surface area contributed by atoms with Crippen molar-refractivity contribution in [3.8, 4) is 17.3 Å². The van der Waals surface area contributed by atoms with Gasteiger partial charge in [-0.1, -0.05) is 19.1 Å². The third-order valence-corrected chi connectivity index (χ3v) is 3.69. The topological polar surface area (TPSA) is 70.7 Å². The molecule has 5 heteroatoms. The van der Waals surface area contributed by atoms with Crippen molar-refractivity contribution < 1.29 is 4.79 Å². The summed E-state index contributed by atoms with van der Waals surface area (Å²) in [5.74, 6) is -0.0922. The fraction of sp³-hybridized carbons (Fsp3) is 0.389. The van der Waals surface area contributed by atoms with Crippen LogP contribution >= 0.6 is 0 Å². The van der Waals surface area contributed by atoms with Gasteiger partial charge < -0.3 is 5.32 Å². The summed E-state index contributed by atoms with van der Waals surface area (Å²) < 4.78 is 1.79. The quantitative estimate of drug-likeness (QED) is 0.921. The molecule has 0 aliphatic carbocycles. The summed E-state index contributed by atoms with van der Waals surface area (Å²) in [5.41, 5.74) is 3.91. The van der Waals surface area contributed by atoms with E-state index in [9.17, 15) is 4.79 Å². The van der Waals surface area contributed by atoms with Crippen molar-refractivity contribution >= 4 is 5.91 Å². The average Bonchev–Trinajstić information content (AvgIpc) is 2.95. The Balaban J connectivity index is 2.61. The Morgan fingerprint density at radius 2 is 1.96 bits per heavy atom. The molecule has 1 aromatic carbocycles. The molecule has 0 radical (unpaired) electrons. The van der Waals surface area contributed by atoms with Crippen LogP contribution in [0.4, 0.5) is 0 Å². The van der Waals surface area contributed by atoms with E-state index in [4.69, 9.17) is 5.26 Å². The van der Waals surface area contributed by atoms with Crippen LogP contribution in [0.15, 0.2) is 24.3 Å². The maximum Gasteiger partial charge on any atom is 0.269 e. The average molecular weight is 310 g/mol. The number of carbonyl (C=O) groups excluding carboxylic acids is 1. The molecular weight excluding hydrogens is 288 g/mol. The van der Waals surface area contributed by atoms with Gasteiger partial charge in [-0.3, -0.25) is 9.48 Å². The Labute approximate surface area is 136 Å². The number of amides is 1. The van der Waals surface area contributed by atoms with Crippen LogP contribution in [-0.4, -0.2) is 22.2 Å². The zero-order valence-corrected chi connectivity index (χ0v) is 14.1. The van der Waals surface area contributed by atoms with E-state index in [0.29, 0.717) is 24.2 Å². The molecule has 1 amide bonds. The summed E-state index contributed by atoms with van der Waals surface area (Å²) >= 11 is 0. The molecule has 120 valence electrons. The van der Waals surface area contributed by atoms with Crippen LogP contribution in [0.1, 0.15) is 55.4 Å². The number of nitrogens with zero attached hydrogens (tertiary/aromatic N) is 3. The van der Waals surface area contributed by atoms with Crippen molar-refractivity contribution in [3.05, 3.63) is 41.1 Å². The minimum atomic E-state index is -0.0922. The van der Waals surface area contributed by atoms with Crippen molar-refractivity contribution in [1.29, 1.82) is 5.26 Å². The molecule has 0 saturated heterocycles. The summed E-state index contributed by atoms with van der Waals surface area (Å²) in [5, 5.41) is 16.5. The van der Waals surface area contributed by atoms with Crippen LogP contribution in [0.5, 0.6) is 0 Å². The molecule has 0 bridgehead atoms. The fourth-order valence-corrected chi connectivity index (χ4v) is 2.60. The van der Waals surface area contributed by atoms with Gasteiger partial charge in [0.25, 0.3) is 5.91 Å². The number of hydrogen-bond acceptors (Lipinski definition) is 3. The van der Waals surface area contributed by atoms with E-state index >= 15 is 0 Å². The Morgan fingerprint density at radius 3 is 2.43 bits per heavy atom. The molecular formula is C18H22N4O. The Bertz CT molecular complexity index is 736. The molecule has 2 rings (SSSR count). The summed E-state index contributed by atoms with van der Waals surface area (Å²) in [7, 11) is 0. The highest BCUT2D eigenvalue weighted by molar-refractivity contribution is 5.96. The molecule has 0 saturated carbocycles. The Kier molecular flexibility index (Phi) is 5.17. The van der Waals surface area contributed by atoms with Crippen molar-refractivity contribution in [1.82, 2.24) is 15.1 Å². The normalized spacial score (nSPS) is 10.6. The lowest BCUT2D eigenvalue weighted by Crippen LogP contribution is -2.27. The number of benzene rings is 1. The van der Waals surface area contributed by atoms with Gasteiger partial charge in [0.1, 0.15) is 5.69 Å². The number of nitriles is 1. The van der Waals surface area contributed by atoms with Gasteiger partial charge in [0.15, 0.2) is 0 Å². The first-order valence-electron chi connectivity index (χ1n) is 7.93. The minimum Gasteiger partial charge on any atom is -0.351 e. The molecule has 0 unspecified atom stereocenters. The lowest BCUT2D eigenvalue weighted by Gasteiger charge is -2.11. The fourth-order valence-electron chi connectivity index (χ4n) is 2.60. The van der Waals surface area contributed by atoms with Gasteiger partial charge in [-0.15, -0.1) is 0 Å². The van der Waals surface area contributed by atoms with Crippen LogP contribution in [0.25, 0.3) is 11.3 Å². The van der Waals surface area contributed by atoms with Crippen LogP contribution < -0.4 is 5.32 Å². The lowest BCUT2D eigenvalue weighted by atomic mass is 10.0. The van der Waals surface area contributed by atoms with E-state index < -0.39 is 0 Å². The molecule has 0 aliphatic rings. The second kappa shape index (κ2) is 7.10. The van der Waals surface area contributed by atoms with E-state index in [2.05, 4.69) is 16.5 Å². The first kappa shape index (κ1) is 16.8. The molecule has 2 aromatic rings. The largest absolute Gasteiger partial charge is 0.351 e. The monoisotopic (exact) mass is 310 g/mol. The van der Waals surface area contributed by atoms with Crippen molar-refractivity contribution in [2.75, 3.05) is 6.54 Å². The number of hydrogen-bond donors (Lipinski definition) is 1. The molecule has 0 fully saturated rings. The molecule has 0 aliphatic heterocycles. The Morgan fingerprint density at radius 1 is 1.30 bits per heavy atom. The van der Waals surface area contributed by atoms with Gasteiger partial charge in [-0.05, 0) is 39.3 Å². The van der Waals surface area contributed by atoms with Crippen molar-refractivity contribution in [2.24, 2.45) is 0 Å². The van der Waals surface area contributed by atoms with Gasteiger partial charge in [-0.2, -0.15) is 10.4 Å². The summed E-state index contributed by atoms with van der Waals surface area (Å²) in [6.45, 7) is 8.53. The molecule has 1 N–H and O–H groups in total. The zero-order valence-electron chi connectivity index (χ0n) is 14.1. The van der Waals surface area contributed by atoms with Gasteiger partial charge in [0.05, 0.1) is 17.3 Å². The molecule has 1 aromatic heterocycles. The van der Waals surface area contributed by atoms with E-state index in [0.717, 1.165) is 16.8 Å². The smallest absolute Gasteiger partial charge is 0.269 e. The number of rotatable bonds is 5. The molecule has 23 heavy (non-hydrogen) atoms. The predicted octanol–water partition coefficient (Wildman–Crippen LogP) is 3.31. The molecule has 1 heterocycles. The first-order chi connectivity index (χ1) is 11.0. The summed E-state index contributed by atoms with van der Waals surface area (Å²) in [6, 6.07) is 9.51. The van der Waals surface area contributed by atoms with Gasteiger partial charge in [-0.25, -0.2) is 0 Å². The van der Waals surface area contributed by atoms with Crippen LogP contribution in [0.3, 0.4) is 0 Å². The Hall–Kier alpha value is -2.61. The minimum absolute atomic E-state index is 0.0880. The first-order valence-corrected chi connectivity index (χ1v) is 7.93. The summed E-state index contributed by atoms with van der Waals surface area (Å²) in [6.07, 6.45) is 0.717. The molecule has 0 spiro atoms. The third kappa shape index (κ3) is 3.26. The molecule has 5 nitrogen and oxygen atoms in total. The maximum absolute atomic E-state index is 12.5. The lowest BCUT2D eigenvalue weighted by molar-refractivity contribution is 0.0942. The van der Waals surface area contributed by atoms with E-state index in [1.54, 1.807) is 16.8 Å². The number of aromatic nitrogens is 2. The highest BCUT2D eigenvalue weighted by atomic mass is 16.2. The van der Waals surface area contributed by atoms with E-state index in [1.807, 2.05) is 39.8 Å². The number of nitrogens with one attached hydrogen (secondary N) is 1. The van der Waals surface area contributed by atoms with Crippen molar-refractivity contribution in [3.63, 3.8) is 0 Å². The second-order valence-electron chi connectivity index (χ2n) is 5.62. The maximum atomic E-state index is 12.5. The summed E-state index contributed by atoms with van der Waals surface area (Å²) in [4.78, 5) is 12.5. The van der Waals surface area contributed by atoms with Crippen molar-refractivity contribution in [2.45, 2.75) is 40.2 Å². The van der Waals surface area contributed by atoms with Gasteiger partial charge in [0, 0.05) is 23.7 Å². The highest BCUT2D eigenvalue weighted by Crippen LogP contribution is 2.28. The SMILES string of the molecule is CCNC(=O)c1c(CC)c(-c2ccc(C#N)cc2)nn1C(C)C. The number of carbonyl (C=O) groups is 1. The second-order valence-corrected chi connectivity index (χ2v) is 5.62. The molecule has 0 atom stereocenters. The van der Waals surface area contributed by atoms with Crippen LogP contribution in [0.2, 0.25) is 0 Å². The van der Waals surface area contributed by atoms with Gasteiger partial charge in [0.2, 0.25) is 0 Å². The third-order valence-electron chi connectivity index (χ3n) is 3.69. The predicted molar refractivity (Wildman–Crippen MR) is 90.1 cm³/mol. The van der Waals surface area contributed by atoms with E-state index in [1.165, 1.54) is 0 Å². The zero-order chi connectivity index (χ0) is 17.0. The highest BCUT2D eigenvalue weighted by Gasteiger charge is 2.24. The van der Waals surface area contributed by atoms with Crippen LogP contribution in [-0.2, 0) is 6.42 Å². The van der Waals surface area contributed by atoms with Crippen LogP contribution in [0, 0.1) is 11.3 Å².